The Morgan fingerprint density at radius 1 is 1.50 bits per heavy atom. The van der Waals surface area contributed by atoms with Crippen LogP contribution in [-0.4, -0.2) is 35.6 Å². The number of rotatable bonds is 1. The van der Waals surface area contributed by atoms with Crippen molar-refractivity contribution in [2.24, 2.45) is 0 Å². The lowest BCUT2D eigenvalue weighted by molar-refractivity contribution is 0.482. The second kappa shape index (κ2) is 3.92. The first kappa shape index (κ1) is 9.40. The molecule has 0 amide bonds. The standard InChI is InChI=1S/C10H16N4/c1-8-5-10(13-7-12-8)14-4-3-11-9(2)6-14/h5,7,9,11H,3-4,6H2,1-2H3. The van der Waals surface area contributed by atoms with Crippen molar-refractivity contribution >= 4 is 5.82 Å². The van der Waals surface area contributed by atoms with Gasteiger partial charge in [-0.25, -0.2) is 9.97 Å². The van der Waals surface area contributed by atoms with Crippen LogP contribution >= 0.6 is 0 Å². The van der Waals surface area contributed by atoms with Gasteiger partial charge in [-0.2, -0.15) is 0 Å². The molecule has 0 spiro atoms. The van der Waals surface area contributed by atoms with Gasteiger partial charge in [-0.1, -0.05) is 0 Å². The molecule has 1 unspecified atom stereocenters. The summed E-state index contributed by atoms with van der Waals surface area (Å²) in [7, 11) is 0. The maximum atomic E-state index is 4.28. The van der Waals surface area contributed by atoms with Crippen molar-refractivity contribution in [3.8, 4) is 0 Å². The van der Waals surface area contributed by atoms with Gasteiger partial charge < -0.3 is 10.2 Å². The quantitative estimate of drug-likeness (QED) is 0.707. The van der Waals surface area contributed by atoms with E-state index in [1.165, 1.54) is 0 Å². The summed E-state index contributed by atoms with van der Waals surface area (Å²) in [5.41, 5.74) is 1.03. The Kier molecular flexibility index (Phi) is 2.63. The fraction of sp³-hybridized carbons (Fsp3) is 0.600. The largest absolute Gasteiger partial charge is 0.354 e. The molecule has 1 aromatic heterocycles. The Morgan fingerprint density at radius 3 is 3.07 bits per heavy atom. The minimum atomic E-state index is 0.541. The van der Waals surface area contributed by atoms with E-state index < -0.39 is 0 Å². The monoisotopic (exact) mass is 192 g/mol. The molecule has 0 aromatic carbocycles. The maximum Gasteiger partial charge on any atom is 0.132 e. The first-order chi connectivity index (χ1) is 6.75. The Balaban J connectivity index is 2.14. The molecule has 2 rings (SSSR count). The normalized spacial score (nSPS) is 22.4. The van der Waals surface area contributed by atoms with Crippen LogP contribution in [0.2, 0.25) is 0 Å². The smallest absolute Gasteiger partial charge is 0.132 e. The second-order valence-electron chi connectivity index (χ2n) is 3.82. The van der Waals surface area contributed by atoms with Crippen molar-refractivity contribution in [3.63, 3.8) is 0 Å². The van der Waals surface area contributed by atoms with E-state index in [4.69, 9.17) is 0 Å². The van der Waals surface area contributed by atoms with Gasteiger partial charge in [-0.05, 0) is 13.8 Å². The fourth-order valence-electron chi connectivity index (χ4n) is 1.75. The number of piperazine rings is 1. The first-order valence-corrected chi connectivity index (χ1v) is 5.02. The van der Waals surface area contributed by atoms with Crippen molar-refractivity contribution in [1.29, 1.82) is 0 Å². The van der Waals surface area contributed by atoms with Gasteiger partial charge in [-0.15, -0.1) is 0 Å². The van der Waals surface area contributed by atoms with Crippen LogP contribution in [-0.2, 0) is 0 Å². The number of nitrogens with zero attached hydrogens (tertiary/aromatic N) is 3. The average molecular weight is 192 g/mol. The lowest BCUT2D eigenvalue weighted by Gasteiger charge is -2.32. The molecule has 0 aliphatic carbocycles. The summed E-state index contributed by atoms with van der Waals surface area (Å²) < 4.78 is 0. The van der Waals surface area contributed by atoms with Gasteiger partial charge >= 0.3 is 0 Å². The SMILES string of the molecule is Cc1cc(N2CCNC(C)C2)ncn1. The third-order valence-corrected chi connectivity index (χ3v) is 2.48. The summed E-state index contributed by atoms with van der Waals surface area (Å²) in [4.78, 5) is 10.7. The maximum absolute atomic E-state index is 4.28. The average Bonchev–Trinajstić information content (AvgIpc) is 2.18. The van der Waals surface area contributed by atoms with Crippen molar-refractivity contribution in [3.05, 3.63) is 18.1 Å². The van der Waals surface area contributed by atoms with Crippen LogP contribution in [0.4, 0.5) is 5.82 Å². The van der Waals surface area contributed by atoms with E-state index in [0.29, 0.717) is 6.04 Å². The molecule has 1 saturated heterocycles. The highest BCUT2D eigenvalue weighted by atomic mass is 15.2. The summed E-state index contributed by atoms with van der Waals surface area (Å²) in [6.07, 6.45) is 1.64. The molecule has 0 radical (unpaired) electrons. The second-order valence-corrected chi connectivity index (χ2v) is 3.82. The predicted molar refractivity (Wildman–Crippen MR) is 56.4 cm³/mol. The lowest BCUT2D eigenvalue weighted by Crippen LogP contribution is -2.49. The first-order valence-electron chi connectivity index (χ1n) is 5.02. The number of aryl methyl sites for hydroxylation is 1. The molecule has 4 nitrogen and oxygen atoms in total. The Bertz CT molecular complexity index is 313. The number of nitrogens with one attached hydrogen (secondary N) is 1. The van der Waals surface area contributed by atoms with E-state index in [9.17, 15) is 0 Å². The highest BCUT2D eigenvalue weighted by molar-refractivity contribution is 5.39. The Morgan fingerprint density at radius 2 is 2.36 bits per heavy atom. The van der Waals surface area contributed by atoms with Crippen LogP contribution in [0.1, 0.15) is 12.6 Å². The molecule has 1 aliphatic heterocycles. The third-order valence-electron chi connectivity index (χ3n) is 2.48. The number of hydrogen-bond acceptors (Lipinski definition) is 4. The molecule has 76 valence electrons. The molecule has 4 heteroatoms. The van der Waals surface area contributed by atoms with Gasteiger partial charge in [0.1, 0.15) is 12.1 Å². The Hall–Kier alpha value is -1.16. The van der Waals surface area contributed by atoms with Crippen molar-refractivity contribution in [1.82, 2.24) is 15.3 Å². The summed E-state index contributed by atoms with van der Waals surface area (Å²) >= 11 is 0. The molecule has 0 bridgehead atoms. The van der Waals surface area contributed by atoms with Crippen molar-refractivity contribution < 1.29 is 0 Å². The van der Waals surface area contributed by atoms with E-state index in [1.54, 1.807) is 6.33 Å². The summed E-state index contributed by atoms with van der Waals surface area (Å²) in [5.74, 6) is 1.05. The molecule has 0 saturated carbocycles. The zero-order valence-corrected chi connectivity index (χ0v) is 8.70. The van der Waals surface area contributed by atoms with Gasteiger partial charge in [-0.3, -0.25) is 0 Å². The fourth-order valence-corrected chi connectivity index (χ4v) is 1.75. The Labute approximate surface area is 84.4 Å². The van der Waals surface area contributed by atoms with E-state index >= 15 is 0 Å². The third kappa shape index (κ3) is 2.01. The number of hydrogen-bond donors (Lipinski definition) is 1. The summed E-state index contributed by atoms with van der Waals surface area (Å²) in [6.45, 7) is 7.28. The molecule has 1 aliphatic rings. The van der Waals surface area contributed by atoms with E-state index in [1.807, 2.05) is 13.0 Å². The molecule has 1 N–H and O–H groups in total. The molecular weight excluding hydrogens is 176 g/mol. The van der Waals surface area contributed by atoms with Gasteiger partial charge in [0.05, 0.1) is 0 Å². The van der Waals surface area contributed by atoms with Gasteiger partial charge in [0.25, 0.3) is 0 Å². The van der Waals surface area contributed by atoms with Crippen LogP contribution in [0.25, 0.3) is 0 Å². The zero-order valence-electron chi connectivity index (χ0n) is 8.70. The van der Waals surface area contributed by atoms with Crippen LogP contribution in [0, 0.1) is 6.92 Å². The van der Waals surface area contributed by atoms with Crippen LogP contribution < -0.4 is 10.2 Å². The summed E-state index contributed by atoms with van der Waals surface area (Å²) in [6, 6.07) is 2.58. The van der Waals surface area contributed by atoms with Gasteiger partial charge in [0.2, 0.25) is 0 Å². The van der Waals surface area contributed by atoms with Crippen LogP contribution in [0.3, 0.4) is 0 Å². The number of aromatic nitrogens is 2. The minimum Gasteiger partial charge on any atom is -0.354 e. The highest BCUT2D eigenvalue weighted by Gasteiger charge is 2.16. The lowest BCUT2D eigenvalue weighted by atomic mass is 10.2. The topological polar surface area (TPSA) is 41.0 Å². The van der Waals surface area contributed by atoms with E-state index in [-0.39, 0.29) is 0 Å². The molecule has 14 heavy (non-hydrogen) atoms. The molecule has 1 atom stereocenters. The van der Waals surface area contributed by atoms with Crippen molar-refractivity contribution in [2.75, 3.05) is 24.5 Å². The van der Waals surface area contributed by atoms with Crippen LogP contribution in [0.15, 0.2) is 12.4 Å². The molecule has 2 heterocycles. The molecular formula is C10H16N4. The minimum absolute atomic E-state index is 0.541. The van der Waals surface area contributed by atoms with Crippen LogP contribution in [0.5, 0.6) is 0 Å². The van der Waals surface area contributed by atoms with E-state index in [2.05, 4.69) is 27.1 Å². The zero-order chi connectivity index (χ0) is 9.97. The van der Waals surface area contributed by atoms with Crippen molar-refractivity contribution in [2.45, 2.75) is 19.9 Å². The summed E-state index contributed by atoms with van der Waals surface area (Å²) in [5, 5.41) is 3.41. The molecule has 1 fully saturated rings. The number of anilines is 1. The van der Waals surface area contributed by atoms with Gasteiger partial charge in [0.15, 0.2) is 0 Å². The molecule has 1 aromatic rings. The predicted octanol–water partition coefficient (Wildman–Crippen LogP) is 0.583. The van der Waals surface area contributed by atoms with E-state index in [0.717, 1.165) is 31.1 Å². The highest BCUT2D eigenvalue weighted by Crippen LogP contribution is 2.12. The van der Waals surface area contributed by atoms with Gasteiger partial charge in [0, 0.05) is 37.4 Å².